The average molecular weight is 357 g/mol. The third kappa shape index (κ3) is 6.27. The Labute approximate surface area is 133 Å². The van der Waals surface area contributed by atoms with Crippen LogP contribution in [0.25, 0.3) is 0 Å². The number of rotatable bonds is 7. The fourth-order valence-electron chi connectivity index (χ4n) is 2.19. The Morgan fingerprint density at radius 2 is 2.00 bits per heavy atom. The Morgan fingerprint density at radius 3 is 2.52 bits per heavy atom. The third-order valence-corrected chi connectivity index (χ3v) is 3.50. The monoisotopic (exact) mass is 356 g/mol. The zero-order valence-corrected chi connectivity index (χ0v) is 13.8. The molecule has 0 aromatic heterocycles. The lowest BCUT2D eigenvalue weighted by Gasteiger charge is -2.16. The summed E-state index contributed by atoms with van der Waals surface area (Å²) in [6.07, 6.45) is 1.23. The minimum Gasteiger partial charge on any atom is -0.478 e. The summed E-state index contributed by atoms with van der Waals surface area (Å²) in [6, 6.07) is 4.59. The van der Waals surface area contributed by atoms with E-state index in [0.717, 1.165) is 6.42 Å². The topological polar surface area (TPSA) is 92.4 Å². The summed E-state index contributed by atoms with van der Waals surface area (Å²) in [4.78, 5) is 23.0. The number of nitrogens with one attached hydrogen (secondary N) is 1. The van der Waals surface area contributed by atoms with Gasteiger partial charge in [-0.3, -0.25) is 4.79 Å². The second-order valence-corrected chi connectivity index (χ2v) is 6.43. The number of nitrogens with two attached hydrogens (primary N) is 1. The van der Waals surface area contributed by atoms with Crippen LogP contribution in [-0.4, -0.2) is 23.5 Å². The van der Waals surface area contributed by atoms with Crippen LogP contribution in [0.5, 0.6) is 0 Å². The van der Waals surface area contributed by atoms with Crippen molar-refractivity contribution in [2.45, 2.75) is 26.7 Å². The Hall–Kier alpha value is -1.40. The maximum atomic E-state index is 12.0. The first-order valence-corrected chi connectivity index (χ1v) is 7.65. The van der Waals surface area contributed by atoms with E-state index in [9.17, 15) is 9.59 Å². The number of amides is 1. The van der Waals surface area contributed by atoms with Crippen molar-refractivity contribution in [2.75, 3.05) is 11.9 Å². The van der Waals surface area contributed by atoms with Crippen LogP contribution in [0.4, 0.5) is 5.69 Å². The van der Waals surface area contributed by atoms with Crippen LogP contribution >= 0.6 is 15.9 Å². The minimum absolute atomic E-state index is 0.122. The molecule has 4 N–H and O–H groups in total. The van der Waals surface area contributed by atoms with Crippen LogP contribution in [0.1, 0.15) is 37.0 Å². The van der Waals surface area contributed by atoms with E-state index in [1.54, 1.807) is 6.07 Å². The summed E-state index contributed by atoms with van der Waals surface area (Å²) >= 11 is 3.23. The molecule has 1 amide bonds. The molecule has 0 fully saturated rings. The predicted molar refractivity (Wildman–Crippen MR) is 86.3 cm³/mol. The lowest BCUT2D eigenvalue weighted by atomic mass is 9.94. The number of halogens is 1. The number of benzene rings is 1. The normalized spacial score (nSPS) is 12.2. The van der Waals surface area contributed by atoms with E-state index in [2.05, 4.69) is 35.1 Å². The van der Waals surface area contributed by atoms with Crippen molar-refractivity contribution in [3.8, 4) is 0 Å². The molecule has 0 spiro atoms. The molecule has 0 aliphatic heterocycles. The van der Waals surface area contributed by atoms with Gasteiger partial charge in [0.05, 0.1) is 5.56 Å². The number of carboxylic acid groups (broad SMARTS) is 1. The van der Waals surface area contributed by atoms with Gasteiger partial charge in [-0.15, -0.1) is 0 Å². The molecule has 0 bridgehead atoms. The van der Waals surface area contributed by atoms with E-state index in [0.29, 0.717) is 29.0 Å². The first kappa shape index (κ1) is 17.7. The van der Waals surface area contributed by atoms with Crippen molar-refractivity contribution in [1.29, 1.82) is 0 Å². The second-order valence-electron chi connectivity index (χ2n) is 5.52. The van der Waals surface area contributed by atoms with Crippen LogP contribution in [-0.2, 0) is 4.79 Å². The van der Waals surface area contributed by atoms with Gasteiger partial charge in [0.1, 0.15) is 0 Å². The van der Waals surface area contributed by atoms with Gasteiger partial charge < -0.3 is 16.2 Å². The Morgan fingerprint density at radius 1 is 1.33 bits per heavy atom. The first-order chi connectivity index (χ1) is 9.81. The summed E-state index contributed by atoms with van der Waals surface area (Å²) in [7, 11) is 0. The third-order valence-electron chi connectivity index (χ3n) is 3.04. The van der Waals surface area contributed by atoms with Gasteiger partial charge in [-0.05, 0) is 43.0 Å². The molecular weight excluding hydrogens is 336 g/mol. The molecule has 1 aromatic rings. The van der Waals surface area contributed by atoms with Crippen molar-refractivity contribution < 1.29 is 14.7 Å². The van der Waals surface area contributed by atoms with E-state index >= 15 is 0 Å². The fraction of sp³-hybridized carbons (Fsp3) is 0.467. The van der Waals surface area contributed by atoms with Crippen LogP contribution in [0.2, 0.25) is 0 Å². The molecule has 0 saturated heterocycles. The van der Waals surface area contributed by atoms with Gasteiger partial charge in [-0.1, -0.05) is 29.8 Å². The highest BCUT2D eigenvalue weighted by Crippen LogP contribution is 2.21. The van der Waals surface area contributed by atoms with Crippen LogP contribution in [0, 0.1) is 11.8 Å². The summed E-state index contributed by atoms with van der Waals surface area (Å²) < 4.78 is 0.607. The molecular formula is C15H21BrN2O3. The number of aromatic carboxylic acids is 1. The van der Waals surface area contributed by atoms with Crippen molar-refractivity contribution in [2.24, 2.45) is 17.6 Å². The van der Waals surface area contributed by atoms with E-state index in [1.165, 1.54) is 12.1 Å². The first-order valence-electron chi connectivity index (χ1n) is 6.85. The lowest BCUT2D eigenvalue weighted by molar-refractivity contribution is -0.117. The molecule has 6 heteroatoms. The number of carbonyl (C=O) groups excluding carboxylic acids is 1. The standard InChI is InChI=1S/C15H21BrN2O3/c1-9(2)3-10(8-17)4-14(19)18-13-6-11(15(20)21)5-12(16)7-13/h5-7,9-10H,3-4,8,17H2,1-2H3,(H,18,19)(H,20,21). The zero-order valence-electron chi connectivity index (χ0n) is 12.2. The zero-order chi connectivity index (χ0) is 16.0. The molecule has 0 radical (unpaired) electrons. The van der Waals surface area contributed by atoms with Crippen molar-refractivity contribution in [3.63, 3.8) is 0 Å². The summed E-state index contributed by atoms with van der Waals surface area (Å²) in [5.41, 5.74) is 6.27. The molecule has 1 rings (SSSR count). The lowest BCUT2D eigenvalue weighted by Crippen LogP contribution is -2.23. The Balaban J connectivity index is 2.72. The van der Waals surface area contributed by atoms with Crippen molar-refractivity contribution >= 4 is 33.5 Å². The number of hydrogen-bond donors (Lipinski definition) is 3. The van der Waals surface area contributed by atoms with Gasteiger partial charge in [0.2, 0.25) is 5.91 Å². The van der Waals surface area contributed by atoms with Gasteiger partial charge >= 0.3 is 5.97 Å². The molecule has 1 unspecified atom stereocenters. The molecule has 0 saturated carbocycles. The van der Waals surface area contributed by atoms with Gasteiger partial charge in [0, 0.05) is 16.6 Å². The average Bonchev–Trinajstić information content (AvgIpc) is 2.36. The van der Waals surface area contributed by atoms with E-state index < -0.39 is 5.97 Å². The van der Waals surface area contributed by atoms with Crippen LogP contribution in [0.3, 0.4) is 0 Å². The number of carbonyl (C=O) groups is 2. The molecule has 0 heterocycles. The van der Waals surface area contributed by atoms with E-state index in [-0.39, 0.29) is 17.4 Å². The fourth-order valence-corrected chi connectivity index (χ4v) is 2.68. The second kappa shape index (κ2) is 8.14. The number of anilines is 1. The summed E-state index contributed by atoms with van der Waals surface area (Å²) in [5, 5.41) is 11.7. The number of carboxylic acids is 1. The molecule has 116 valence electrons. The largest absolute Gasteiger partial charge is 0.478 e. The Bertz CT molecular complexity index is 518. The van der Waals surface area contributed by atoms with Crippen molar-refractivity contribution in [1.82, 2.24) is 0 Å². The molecule has 5 nitrogen and oxygen atoms in total. The quantitative estimate of drug-likeness (QED) is 0.699. The maximum absolute atomic E-state index is 12.0. The van der Waals surface area contributed by atoms with Crippen LogP contribution < -0.4 is 11.1 Å². The predicted octanol–water partition coefficient (Wildman–Crippen LogP) is 3.10. The molecule has 0 aliphatic rings. The van der Waals surface area contributed by atoms with Crippen LogP contribution in [0.15, 0.2) is 22.7 Å². The maximum Gasteiger partial charge on any atom is 0.335 e. The van der Waals surface area contributed by atoms with E-state index in [1.807, 2.05) is 0 Å². The molecule has 1 aromatic carbocycles. The van der Waals surface area contributed by atoms with Gasteiger partial charge in [0.15, 0.2) is 0 Å². The SMILES string of the molecule is CC(C)CC(CN)CC(=O)Nc1cc(Br)cc(C(=O)O)c1. The minimum atomic E-state index is -1.04. The van der Waals surface area contributed by atoms with Gasteiger partial charge in [-0.2, -0.15) is 0 Å². The highest BCUT2D eigenvalue weighted by molar-refractivity contribution is 9.10. The van der Waals surface area contributed by atoms with Gasteiger partial charge in [0.25, 0.3) is 0 Å². The molecule has 1 atom stereocenters. The van der Waals surface area contributed by atoms with E-state index in [4.69, 9.17) is 10.8 Å². The highest BCUT2D eigenvalue weighted by atomic mass is 79.9. The molecule has 21 heavy (non-hydrogen) atoms. The number of hydrogen-bond acceptors (Lipinski definition) is 3. The smallest absolute Gasteiger partial charge is 0.335 e. The Kier molecular flexibility index (Phi) is 6.84. The summed E-state index contributed by atoms with van der Waals surface area (Å²) in [5.74, 6) is -0.570. The van der Waals surface area contributed by atoms with Crippen molar-refractivity contribution in [3.05, 3.63) is 28.2 Å². The molecule has 0 aliphatic carbocycles. The summed E-state index contributed by atoms with van der Waals surface area (Å²) in [6.45, 7) is 4.65. The highest BCUT2D eigenvalue weighted by Gasteiger charge is 2.15. The van der Waals surface area contributed by atoms with Gasteiger partial charge in [-0.25, -0.2) is 4.79 Å².